The first-order valence-electron chi connectivity index (χ1n) is 7.94. The van der Waals surface area contributed by atoms with Crippen molar-refractivity contribution in [3.05, 3.63) is 65.7 Å². The fourth-order valence-corrected chi connectivity index (χ4v) is 2.40. The fraction of sp³-hybridized carbons (Fsp3) is 0.316. The van der Waals surface area contributed by atoms with Gasteiger partial charge in [0.15, 0.2) is 6.61 Å². The van der Waals surface area contributed by atoms with E-state index in [1.807, 2.05) is 42.5 Å². The van der Waals surface area contributed by atoms with E-state index in [2.05, 4.69) is 12.2 Å². The number of carboxylic acid groups (broad SMARTS) is 1. The third-order valence-electron chi connectivity index (χ3n) is 3.67. The second-order valence-electron chi connectivity index (χ2n) is 5.77. The Kier molecular flexibility index (Phi) is 9.78. The SMILES string of the molecule is CC(Cc1ccc(OCC(=O)O)cc1)NCC(O)c1ccccc1.[NaH]. The molecule has 0 radical (unpaired) electrons. The first-order valence-corrected chi connectivity index (χ1v) is 7.94. The number of carboxylic acids is 1. The van der Waals surface area contributed by atoms with Crippen LogP contribution < -0.4 is 10.1 Å². The van der Waals surface area contributed by atoms with Gasteiger partial charge >= 0.3 is 35.5 Å². The molecule has 2 atom stereocenters. The van der Waals surface area contributed by atoms with Crippen LogP contribution in [-0.4, -0.2) is 64.9 Å². The molecule has 0 bridgehead atoms. The van der Waals surface area contributed by atoms with Gasteiger partial charge in [-0.1, -0.05) is 42.5 Å². The molecule has 0 aliphatic carbocycles. The molecule has 2 aromatic rings. The van der Waals surface area contributed by atoms with Crippen molar-refractivity contribution >= 4 is 35.5 Å². The summed E-state index contributed by atoms with van der Waals surface area (Å²) in [6.07, 6.45) is 0.279. The third-order valence-corrected chi connectivity index (χ3v) is 3.67. The normalized spacial score (nSPS) is 12.7. The van der Waals surface area contributed by atoms with Crippen LogP contribution in [0.1, 0.15) is 24.2 Å². The van der Waals surface area contributed by atoms with E-state index in [1.165, 1.54) is 0 Å². The minimum absolute atomic E-state index is 0. The van der Waals surface area contributed by atoms with Crippen LogP contribution in [0.2, 0.25) is 0 Å². The molecule has 25 heavy (non-hydrogen) atoms. The Morgan fingerprint density at radius 2 is 1.76 bits per heavy atom. The summed E-state index contributed by atoms with van der Waals surface area (Å²) in [5.41, 5.74) is 2.02. The van der Waals surface area contributed by atoms with Crippen LogP contribution in [0.5, 0.6) is 5.75 Å². The first-order chi connectivity index (χ1) is 11.5. The van der Waals surface area contributed by atoms with Crippen LogP contribution in [0.3, 0.4) is 0 Å². The summed E-state index contributed by atoms with van der Waals surface area (Å²) in [6, 6.07) is 17.1. The van der Waals surface area contributed by atoms with E-state index in [-0.39, 0.29) is 42.2 Å². The summed E-state index contributed by atoms with van der Waals surface area (Å²) < 4.78 is 5.11. The van der Waals surface area contributed by atoms with Crippen molar-refractivity contribution < 1.29 is 19.7 Å². The van der Waals surface area contributed by atoms with E-state index < -0.39 is 12.1 Å². The molecule has 0 spiro atoms. The van der Waals surface area contributed by atoms with Crippen molar-refractivity contribution in [1.29, 1.82) is 0 Å². The molecule has 5 nitrogen and oxygen atoms in total. The fourth-order valence-electron chi connectivity index (χ4n) is 2.40. The summed E-state index contributed by atoms with van der Waals surface area (Å²) in [4.78, 5) is 10.5. The van der Waals surface area contributed by atoms with Crippen LogP contribution >= 0.6 is 0 Å². The molecule has 0 fully saturated rings. The molecule has 0 heterocycles. The quantitative estimate of drug-likeness (QED) is 0.599. The summed E-state index contributed by atoms with van der Waals surface area (Å²) >= 11 is 0. The van der Waals surface area contributed by atoms with Gasteiger partial charge in [0.25, 0.3) is 0 Å². The van der Waals surface area contributed by atoms with Crippen LogP contribution in [-0.2, 0) is 11.2 Å². The number of carbonyl (C=O) groups is 1. The molecule has 0 amide bonds. The molecular weight excluding hydrogens is 329 g/mol. The Balaban J connectivity index is 0.00000312. The van der Waals surface area contributed by atoms with Gasteiger partial charge in [-0.2, -0.15) is 0 Å². The Hall–Kier alpha value is -1.37. The van der Waals surface area contributed by atoms with E-state index in [1.54, 1.807) is 12.1 Å². The van der Waals surface area contributed by atoms with Crippen molar-refractivity contribution in [3.63, 3.8) is 0 Å². The zero-order chi connectivity index (χ0) is 17.4. The van der Waals surface area contributed by atoms with Gasteiger partial charge in [-0.15, -0.1) is 0 Å². The van der Waals surface area contributed by atoms with Gasteiger partial charge in [0.2, 0.25) is 0 Å². The Labute approximate surface area is 170 Å². The van der Waals surface area contributed by atoms with Crippen molar-refractivity contribution in [1.82, 2.24) is 5.32 Å². The summed E-state index contributed by atoms with van der Waals surface area (Å²) in [5.74, 6) is -0.449. The number of hydrogen-bond acceptors (Lipinski definition) is 4. The summed E-state index contributed by atoms with van der Waals surface area (Å²) in [5, 5.41) is 22.1. The molecular formula is C19H24NNaO4. The summed E-state index contributed by atoms with van der Waals surface area (Å²) in [6.45, 7) is 2.21. The summed E-state index contributed by atoms with van der Waals surface area (Å²) in [7, 11) is 0. The standard InChI is InChI=1S/C19H23NO4.Na.H/c1-14(20-12-18(21)16-5-3-2-4-6-16)11-15-7-9-17(10-8-15)24-13-19(22)23;;/h2-10,14,18,20-21H,11-13H2,1H3,(H,22,23);;. The van der Waals surface area contributed by atoms with Crippen molar-refractivity contribution in [2.24, 2.45) is 0 Å². The monoisotopic (exact) mass is 353 g/mol. The van der Waals surface area contributed by atoms with E-state index in [0.29, 0.717) is 12.3 Å². The molecule has 2 unspecified atom stereocenters. The zero-order valence-corrected chi connectivity index (χ0v) is 13.7. The minimum atomic E-state index is -0.992. The molecule has 2 rings (SSSR count). The second-order valence-corrected chi connectivity index (χ2v) is 5.77. The number of aliphatic hydroxyl groups excluding tert-OH is 1. The molecule has 0 aromatic heterocycles. The maximum absolute atomic E-state index is 10.5. The molecule has 130 valence electrons. The van der Waals surface area contributed by atoms with Crippen molar-refractivity contribution in [2.75, 3.05) is 13.2 Å². The van der Waals surface area contributed by atoms with Gasteiger partial charge in [0, 0.05) is 12.6 Å². The van der Waals surface area contributed by atoms with Crippen LogP contribution in [0.4, 0.5) is 0 Å². The number of rotatable bonds is 9. The van der Waals surface area contributed by atoms with E-state index in [9.17, 15) is 9.90 Å². The Morgan fingerprint density at radius 3 is 2.36 bits per heavy atom. The molecule has 2 aromatic carbocycles. The van der Waals surface area contributed by atoms with E-state index in [0.717, 1.165) is 17.5 Å². The Morgan fingerprint density at radius 1 is 1.12 bits per heavy atom. The maximum atomic E-state index is 10.5. The topological polar surface area (TPSA) is 78.8 Å². The van der Waals surface area contributed by atoms with Gasteiger partial charge in [-0.25, -0.2) is 4.79 Å². The first kappa shape index (κ1) is 21.7. The number of hydrogen-bond donors (Lipinski definition) is 3. The van der Waals surface area contributed by atoms with Gasteiger partial charge in [-0.05, 0) is 36.6 Å². The van der Waals surface area contributed by atoms with Gasteiger partial charge in [0.05, 0.1) is 6.10 Å². The third kappa shape index (κ3) is 8.03. The number of nitrogens with one attached hydrogen (secondary N) is 1. The Bertz CT molecular complexity index is 634. The zero-order valence-electron chi connectivity index (χ0n) is 13.7. The number of benzene rings is 2. The molecule has 3 N–H and O–H groups in total. The average molecular weight is 353 g/mol. The predicted octanol–water partition coefficient (Wildman–Crippen LogP) is 1.76. The van der Waals surface area contributed by atoms with Crippen LogP contribution in [0.25, 0.3) is 0 Å². The van der Waals surface area contributed by atoms with E-state index in [4.69, 9.17) is 9.84 Å². The van der Waals surface area contributed by atoms with Gasteiger partial charge in [-0.3, -0.25) is 0 Å². The van der Waals surface area contributed by atoms with Crippen molar-refractivity contribution in [3.8, 4) is 5.75 Å². The van der Waals surface area contributed by atoms with Gasteiger partial charge < -0.3 is 20.3 Å². The number of aliphatic hydroxyl groups is 1. The second kappa shape index (κ2) is 11.3. The molecule has 6 heteroatoms. The van der Waals surface area contributed by atoms with Crippen LogP contribution in [0.15, 0.2) is 54.6 Å². The number of aliphatic carboxylic acids is 1. The molecule has 0 saturated heterocycles. The van der Waals surface area contributed by atoms with E-state index >= 15 is 0 Å². The average Bonchev–Trinajstić information content (AvgIpc) is 2.60. The van der Waals surface area contributed by atoms with Gasteiger partial charge in [0.1, 0.15) is 5.75 Å². The molecule has 0 aliphatic rings. The number of ether oxygens (including phenoxy) is 1. The molecule has 0 aliphatic heterocycles. The molecule has 0 saturated carbocycles. The van der Waals surface area contributed by atoms with Crippen molar-refractivity contribution in [2.45, 2.75) is 25.5 Å². The van der Waals surface area contributed by atoms with Crippen LogP contribution in [0, 0.1) is 0 Å². The predicted molar refractivity (Wildman–Crippen MR) is 99.3 cm³/mol.